The van der Waals surface area contributed by atoms with Crippen molar-refractivity contribution in [2.45, 2.75) is 26.3 Å². The van der Waals surface area contributed by atoms with Gasteiger partial charge in [-0.25, -0.2) is 4.68 Å². The third-order valence-electron chi connectivity index (χ3n) is 1.64. The van der Waals surface area contributed by atoms with Gasteiger partial charge < -0.3 is 4.74 Å². The van der Waals surface area contributed by atoms with E-state index in [0.717, 1.165) is 0 Å². The first kappa shape index (κ1) is 9.59. The van der Waals surface area contributed by atoms with Crippen LogP contribution in [0.25, 0.3) is 0 Å². The molecule has 0 saturated carbocycles. The summed E-state index contributed by atoms with van der Waals surface area (Å²) in [7, 11) is 1.57. The van der Waals surface area contributed by atoms with Gasteiger partial charge in [-0.05, 0) is 20.8 Å². The molecule has 1 rings (SSSR count). The maximum atomic E-state index is 8.66. The molecular weight excluding hydrogens is 166 g/mol. The molecule has 13 heavy (non-hydrogen) atoms. The first-order valence-electron chi connectivity index (χ1n) is 4.03. The Kier molecular flexibility index (Phi) is 2.28. The molecule has 0 aliphatic rings. The van der Waals surface area contributed by atoms with E-state index in [1.165, 1.54) is 0 Å². The molecule has 1 aromatic heterocycles. The first-order valence-corrected chi connectivity index (χ1v) is 4.03. The van der Waals surface area contributed by atoms with Crippen LogP contribution in [0, 0.1) is 11.3 Å². The molecule has 0 atom stereocenters. The number of ether oxygens (including phenoxy) is 1. The van der Waals surface area contributed by atoms with Crippen LogP contribution in [0.3, 0.4) is 0 Å². The van der Waals surface area contributed by atoms with Crippen LogP contribution in [0.5, 0.6) is 5.88 Å². The molecule has 1 heterocycles. The summed E-state index contributed by atoms with van der Waals surface area (Å²) >= 11 is 0. The highest BCUT2D eigenvalue weighted by molar-refractivity contribution is 5.26. The molecule has 0 N–H and O–H groups in total. The fourth-order valence-electron chi connectivity index (χ4n) is 1.04. The van der Waals surface area contributed by atoms with Crippen LogP contribution >= 0.6 is 0 Å². The molecule has 0 spiro atoms. The van der Waals surface area contributed by atoms with Crippen molar-refractivity contribution >= 4 is 0 Å². The van der Waals surface area contributed by atoms with Crippen molar-refractivity contribution in [2.24, 2.45) is 0 Å². The smallest absolute Gasteiger partial charge is 0.213 e. The number of nitrogens with zero attached hydrogens (tertiary/aromatic N) is 3. The van der Waals surface area contributed by atoms with Gasteiger partial charge in [0, 0.05) is 6.07 Å². The van der Waals surface area contributed by atoms with Crippen LogP contribution < -0.4 is 4.74 Å². The van der Waals surface area contributed by atoms with Gasteiger partial charge >= 0.3 is 0 Å². The molecule has 0 fully saturated rings. The van der Waals surface area contributed by atoms with Crippen molar-refractivity contribution in [2.75, 3.05) is 7.11 Å². The Bertz CT molecular complexity index is 341. The van der Waals surface area contributed by atoms with Crippen molar-refractivity contribution in [3.63, 3.8) is 0 Å². The fraction of sp³-hybridized carbons (Fsp3) is 0.556. The maximum absolute atomic E-state index is 8.66. The lowest BCUT2D eigenvalue weighted by molar-refractivity contribution is 0.282. The minimum atomic E-state index is -0.166. The number of hydrogen-bond donors (Lipinski definition) is 0. The Labute approximate surface area is 77.7 Å². The molecule has 0 saturated heterocycles. The van der Waals surface area contributed by atoms with E-state index in [1.807, 2.05) is 26.8 Å². The van der Waals surface area contributed by atoms with Gasteiger partial charge in [0.2, 0.25) is 5.88 Å². The average Bonchev–Trinajstić information content (AvgIpc) is 2.46. The molecule has 70 valence electrons. The lowest BCUT2D eigenvalue weighted by Gasteiger charge is -2.20. The Morgan fingerprint density at radius 2 is 2.15 bits per heavy atom. The van der Waals surface area contributed by atoms with Gasteiger partial charge in [-0.3, -0.25) is 0 Å². The predicted octanol–water partition coefficient (Wildman–Crippen LogP) is 1.52. The third-order valence-corrected chi connectivity index (χ3v) is 1.64. The van der Waals surface area contributed by atoms with E-state index in [9.17, 15) is 0 Å². The summed E-state index contributed by atoms with van der Waals surface area (Å²) in [5.74, 6) is 0.615. The lowest BCUT2D eigenvalue weighted by atomic mass is 10.1. The minimum absolute atomic E-state index is 0.166. The number of methoxy groups -OCH3 is 1. The molecule has 0 radical (unpaired) electrons. The van der Waals surface area contributed by atoms with Crippen LogP contribution in [0.4, 0.5) is 0 Å². The highest BCUT2D eigenvalue weighted by Gasteiger charge is 2.19. The largest absolute Gasteiger partial charge is 0.481 e. The fourth-order valence-corrected chi connectivity index (χ4v) is 1.04. The van der Waals surface area contributed by atoms with Crippen molar-refractivity contribution in [3.05, 3.63) is 11.8 Å². The summed E-state index contributed by atoms with van der Waals surface area (Å²) in [6.45, 7) is 6.01. The van der Waals surface area contributed by atoms with Crippen molar-refractivity contribution in [1.29, 1.82) is 5.26 Å². The Morgan fingerprint density at radius 3 is 2.46 bits per heavy atom. The summed E-state index contributed by atoms with van der Waals surface area (Å²) in [5, 5.41) is 12.8. The van der Waals surface area contributed by atoms with Gasteiger partial charge in [0.05, 0.1) is 12.6 Å². The monoisotopic (exact) mass is 179 g/mol. The normalized spacial score (nSPS) is 11.0. The Morgan fingerprint density at radius 1 is 1.54 bits per heavy atom. The van der Waals surface area contributed by atoms with Crippen molar-refractivity contribution in [1.82, 2.24) is 9.78 Å². The molecule has 0 aromatic carbocycles. The Hall–Kier alpha value is -1.50. The van der Waals surface area contributed by atoms with Gasteiger partial charge in [0.1, 0.15) is 6.07 Å². The molecular formula is C9H13N3O. The summed E-state index contributed by atoms with van der Waals surface area (Å²) in [6, 6.07) is 3.61. The van der Waals surface area contributed by atoms with Gasteiger partial charge in [0.15, 0.2) is 5.69 Å². The second-order valence-electron chi connectivity index (χ2n) is 3.77. The Balaban J connectivity index is 3.21. The number of hydrogen-bond acceptors (Lipinski definition) is 3. The van der Waals surface area contributed by atoms with E-state index in [4.69, 9.17) is 10.00 Å². The molecule has 4 nitrogen and oxygen atoms in total. The second-order valence-corrected chi connectivity index (χ2v) is 3.77. The molecule has 0 unspecified atom stereocenters. The predicted molar refractivity (Wildman–Crippen MR) is 48.5 cm³/mol. The van der Waals surface area contributed by atoms with E-state index in [0.29, 0.717) is 11.6 Å². The molecule has 0 bridgehead atoms. The highest BCUT2D eigenvalue weighted by Crippen LogP contribution is 2.22. The van der Waals surface area contributed by atoms with Crippen molar-refractivity contribution in [3.8, 4) is 11.9 Å². The molecule has 4 heteroatoms. The van der Waals surface area contributed by atoms with Crippen molar-refractivity contribution < 1.29 is 4.74 Å². The van der Waals surface area contributed by atoms with Crippen LogP contribution in [0.15, 0.2) is 6.07 Å². The molecule has 0 aliphatic carbocycles. The average molecular weight is 179 g/mol. The molecule has 0 amide bonds. The highest BCUT2D eigenvalue weighted by atomic mass is 16.5. The second kappa shape index (κ2) is 3.09. The summed E-state index contributed by atoms with van der Waals surface area (Å²) < 4.78 is 6.80. The zero-order chi connectivity index (χ0) is 10.1. The van der Waals surface area contributed by atoms with Crippen LogP contribution in [0.2, 0.25) is 0 Å². The zero-order valence-corrected chi connectivity index (χ0v) is 8.33. The van der Waals surface area contributed by atoms with Gasteiger partial charge in [0.25, 0.3) is 0 Å². The minimum Gasteiger partial charge on any atom is -0.481 e. The number of aromatic nitrogens is 2. The van der Waals surface area contributed by atoms with Gasteiger partial charge in [-0.15, -0.1) is 0 Å². The van der Waals surface area contributed by atoms with E-state index in [2.05, 4.69) is 5.10 Å². The van der Waals surface area contributed by atoms with Crippen LogP contribution in [0.1, 0.15) is 26.5 Å². The van der Waals surface area contributed by atoms with E-state index < -0.39 is 0 Å². The van der Waals surface area contributed by atoms with Gasteiger partial charge in [-0.1, -0.05) is 0 Å². The molecule has 1 aromatic rings. The van der Waals surface area contributed by atoms with E-state index in [1.54, 1.807) is 17.9 Å². The van der Waals surface area contributed by atoms with E-state index in [-0.39, 0.29) is 5.54 Å². The standard InChI is InChI=1S/C9H13N3O/c1-9(2,3)12-8(13-4)5-7(6-10)11-12/h5H,1-4H3. The first-order chi connectivity index (χ1) is 5.99. The number of nitriles is 1. The topological polar surface area (TPSA) is 50.8 Å². The lowest BCUT2D eigenvalue weighted by Crippen LogP contribution is -2.23. The SMILES string of the molecule is COc1cc(C#N)nn1C(C)(C)C. The number of rotatable bonds is 1. The quantitative estimate of drug-likeness (QED) is 0.656. The zero-order valence-electron chi connectivity index (χ0n) is 8.33. The van der Waals surface area contributed by atoms with Crippen LogP contribution in [-0.4, -0.2) is 16.9 Å². The maximum Gasteiger partial charge on any atom is 0.213 e. The third kappa shape index (κ3) is 1.81. The summed E-state index contributed by atoms with van der Waals surface area (Å²) in [4.78, 5) is 0. The van der Waals surface area contributed by atoms with E-state index >= 15 is 0 Å². The summed E-state index contributed by atoms with van der Waals surface area (Å²) in [5.41, 5.74) is 0.215. The van der Waals surface area contributed by atoms with Gasteiger partial charge in [-0.2, -0.15) is 10.4 Å². The summed E-state index contributed by atoms with van der Waals surface area (Å²) in [6.07, 6.45) is 0. The van der Waals surface area contributed by atoms with Crippen LogP contribution in [-0.2, 0) is 5.54 Å². The molecule has 0 aliphatic heterocycles.